The molecule has 2 aromatic carbocycles. The van der Waals surface area contributed by atoms with Gasteiger partial charge in [-0.05, 0) is 45.0 Å². The van der Waals surface area contributed by atoms with Crippen LogP contribution >= 0.6 is 0 Å². The topological polar surface area (TPSA) is 86.3 Å². The first-order valence-corrected chi connectivity index (χ1v) is 10.6. The molecule has 0 fully saturated rings. The van der Waals surface area contributed by atoms with Gasteiger partial charge in [0.2, 0.25) is 5.75 Å². The Hall–Kier alpha value is -3.68. The van der Waals surface area contributed by atoms with Crippen molar-refractivity contribution in [2.24, 2.45) is 0 Å². The van der Waals surface area contributed by atoms with Crippen LogP contribution in [0.4, 0.5) is 11.4 Å². The smallest absolute Gasteiger partial charge is 0.265 e. The minimum absolute atomic E-state index is 0.0629. The maximum absolute atomic E-state index is 13.0. The average molecular weight is 440 g/mol. The fourth-order valence-corrected chi connectivity index (χ4v) is 3.33. The zero-order valence-electron chi connectivity index (χ0n) is 18.6. The predicted octanol–water partition coefficient (Wildman–Crippen LogP) is 4.05. The Morgan fingerprint density at radius 3 is 2.34 bits per heavy atom. The number of nitrogens with one attached hydrogen (secondary N) is 1. The third kappa shape index (κ3) is 4.96. The summed E-state index contributed by atoms with van der Waals surface area (Å²) >= 11 is 0. The molecule has 0 saturated heterocycles. The van der Waals surface area contributed by atoms with Gasteiger partial charge in [-0.2, -0.15) is 0 Å². The van der Waals surface area contributed by atoms with E-state index in [4.69, 9.17) is 18.9 Å². The van der Waals surface area contributed by atoms with Crippen molar-refractivity contribution in [2.75, 3.05) is 43.2 Å². The van der Waals surface area contributed by atoms with E-state index in [0.29, 0.717) is 66.3 Å². The Morgan fingerprint density at radius 1 is 1.09 bits per heavy atom. The van der Waals surface area contributed by atoms with E-state index in [0.717, 1.165) is 0 Å². The molecule has 0 aromatic heterocycles. The van der Waals surface area contributed by atoms with Crippen LogP contribution in [-0.4, -0.2) is 44.8 Å². The van der Waals surface area contributed by atoms with Crippen LogP contribution in [0.25, 0.3) is 0 Å². The van der Waals surface area contributed by atoms with E-state index in [1.165, 1.54) is 0 Å². The fraction of sp³-hybridized carbons (Fsp3) is 0.333. The number of ether oxygens (including phenoxy) is 4. The van der Waals surface area contributed by atoms with Gasteiger partial charge < -0.3 is 29.2 Å². The van der Waals surface area contributed by atoms with Crippen molar-refractivity contribution in [3.8, 4) is 23.0 Å². The molecule has 1 aliphatic rings. The van der Waals surface area contributed by atoms with E-state index in [9.17, 15) is 9.59 Å². The Bertz CT molecular complexity index is 977. The summed E-state index contributed by atoms with van der Waals surface area (Å²) in [6.45, 7) is 10.9. The lowest BCUT2D eigenvalue weighted by atomic mass is 10.1. The number of hydrogen-bond acceptors (Lipinski definition) is 6. The van der Waals surface area contributed by atoms with E-state index in [2.05, 4.69) is 11.9 Å². The molecule has 0 saturated carbocycles. The van der Waals surface area contributed by atoms with Crippen LogP contribution in [0.5, 0.6) is 23.0 Å². The summed E-state index contributed by atoms with van der Waals surface area (Å²) in [6, 6.07) is 8.41. The lowest BCUT2D eigenvalue weighted by Gasteiger charge is -2.28. The van der Waals surface area contributed by atoms with Crippen molar-refractivity contribution in [2.45, 2.75) is 20.8 Å². The highest BCUT2D eigenvalue weighted by atomic mass is 16.5. The number of nitrogens with zero attached hydrogens (tertiary/aromatic N) is 1. The molecule has 8 heteroatoms. The third-order valence-electron chi connectivity index (χ3n) is 4.64. The molecule has 0 radical (unpaired) electrons. The Labute approximate surface area is 187 Å². The van der Waals surface area contributed by atoms with Crippen molar-refractivity contribution in [3.63, 3.8) is 0 Å². The second kappa shape index (κ2) is 10.6. The van der Waals surface area contributed by atoms with E-state index in [-0.39, 0.29) is 18.4 Å². The standard InChI is InChI=1S/C24H28N2O6/c1-5-11-26-18-10-9-17(14-19(18)32-15-22(26)27)25-24(28)16-12-20(29-6-2)23(31-8-4)21(13-16)30-7-3/h5,9-10,12-14H,1,6-8,11,15H2,2-4H3,(H,25,28). The number of rotatable bonds is 10. The molecule has 2 aromatic rings. The first-order valence-electron chi connectivity index (χ1n) is 10.6. The highest BCUT2D eigenvalue weighted by molar-refractivity contribution is 6.06. The highest BCUT2D eigenvalue weighted by Gasteiger charge is 2.25. The molecule has 0 aliphatic carbocycles. The van der Waals surface area contributed by atoms with Crippen LogP contribution in [0, 0.1) is 0 Å². The fourth-order valence-electron chi connectivity index (χ4n) is 3.33. The molecule has 0 unspecified atom stereocenters. The normalized spacial score (nSPS) is 12.5. The van der Waals surface area contributed by atoms with Crippen molar-refractivity contribution in [3.05, 3.63) is 48.6 Å². The Balaban J connectivity index is 1.88. The van der Waals surface area contributed by atoms with Gasteiger partial charge in [-0.3, -0.25) is 9.59 Å². The van der Waals surface area contributed by atoms with Crippen LogP contribution in [-0.2, 0) is 4.79 Å². The molecular formula is C24H28N2O6. The second-order valence-corrected chi connectivity index (χ2v) is 6.82. The number of carbonyl (C=O) groups excluding carboxylic acids is 2. The maximum Gasteiger partial charge on any atom is 0.265 e. The maximum atomic E-state index is 13.0. The van der Waals surface area contributed by atoms with Crippen LogP contribution in [0.15, 0.2) is 43.0 Å². The SMILES string of the molecule is C=CCN1C(=O)COc2cc(NC(=O)c3cc(OCC)c(OCC)c(OCC)c3)ccc21. The molecule has 0 spiro atoms. The molecule has 1 aliphatic heterocycles. The van der Waals surface area contributed by atoms with Crippen molar-refractivity contribution < 1.29 is 28.5 Å². The van der Waals surface area contributed by atoms with Gasteiger partial charge in [0.05, 0.1) is 25.5 Å². The number of anilines is 2. The molecule has 2 amide bonds. The minimum Gasteiger partial charge on any atom is -0.490 e. The van der Waals surface area contributed by atoms with Gasteiger partial charge in [0.15, 0.2) is 18.1 Å². The van der Waals surface area contributed by atoms with Crippen LogP contribution in [0.1, 0.15) is 31.1 Å². The average Bonchev–Trinajstić information content (AvgIpc) is 2.78. The molecule has 0 atom stereocenters. The molecule has 3 rings (SSSR count). The lowest BCUT2D eigenvalue weighted by Crippen LogP contribution is -2.38. The highest BCUT2D eigenvalue weighted by Crippen LogP contribution is 2.40. The molecular weight excluding hydrogens is 412 g/mol. The lowest BCUT2D eigenvalue weighted by molar-refractivity contribution is -0.121. The largest absolute Gasteiger partial charge is 0.490 e. The minimum atomic E-state index is -0.343. The molecule has 32 heavy (non-hydrogen) atoms. The van der Waals surface area contributed by atoms with E-state index in [1.54, 1.807) is 41.3 Å². The molecule has 1 N–H and O–H groups in total. The van der Waals surface area contributed by atoms with E-state index >= 15 is 0 Å². The number of hydrogen-bond donors (Lipinski definition) is 1. The Kier molecular flexibility index (Phi) is 7.59. The zero-order chi connectivity index (χ0) is 23.1. The summed E-state index contributed by atoms with van der Waals surface area (Å²) in [6.07, 6.45) is 1.65. The summed E-state index contributed by atoms with van der Waals surface area (Å²) in [4.78, 5) is 26.7. The monoisotopic (exact) mass is 440 g/mol. The molecule has 0 bridgehead atoms. The third-order valence-corrected chi connectivity index (χ3v) is 4.64. The van der Waals surface area contributed by atoms with Gasteiger partial charge in [0, 0.05) is 23.9 Å². The van der Waals surface area contributed by atoms with Gasteiger partial charge in [0.25, 0.3) is 11.8 Å². The Morgan fingerprint density at radius 2 is 1.75 bits per heavy atom. The van der Waals surface area contributed by atoms with Gasteiger partial charge in [0.1, 0.15) is 5.75 Å². The second-order valence-electron chi connectivity index (χ2n) is 6.82. The molecule has 8 nitrogen and oxygen atoms in total. The summed E-state index contributed by atoms with van der Waals surface area (Å²) < 4.78 is 22.6. The summed E-state index contributed by atoms with van der Waals surface area (Å²) in [5.41, 5.74) is 1.53. The molecule has 1 heterocycles. The van der Waals surface area contributed by atoms with Crippen molar-refractivity contribution >= 4 is 23.2 Å². The number of benzene rings is 2. The summed E-state index contributed by atoms with van der Waals surface area (Å²) in [7, 11) is 0. The first-order chi connectivity index (χ1) is 15.5. The van der Waals surface area contributed by atoms with Crippen LogP contribution in [0.3, 0.4) is 0 Å². The van der Waals surface area contributed by atoms with Gasteiger partial charge >= 0.3 is 0 Å². The van der Waals surface area contributed by atoms with Crippen LogP contribution < -0.4 is 29.2 Å². The van der Waals surface area contributed by atoms with Gasteiger partial charge in [-0.1, -0.05) is 6.08 Å². The summed E-state index contributed by atoms with van der Waals surface area (Å²) in [5.74, 6) is 1.39. The molecule has 170 valence electrons. The number of amides is 2. The van der Waals surface area contributed by atoms with Crippen molar-refractivity contribution in [1.29, 1.82) is 0 Å². The zero-order valence-corrected chi connectivity index (χ0v) is 18.6. The van der Waals surface area contributed by atoms with Crippen LogP contribution in [0.2, 0.25) is 0 Å². The quantitative estimate of drug-likeness (QED) is 0.561. The summed E-state index contributed by atoms with van der Waals surface area (Å²) in [5, 5.41) is 2.86. The predicted molar refractivity (Wildman–Crippen MR) is 122 cm³/mol. The number of carbonyl (C=O) groups is 2. The van der Waals surface area contributed by atoms with Gasteiger partial charge in [-0.15, -0.1) is 6.58 Å². The first kappa shape index (κ1) is 23.0. The van der Waals surface area contributed by atoms with E-state index in [1.807, 2.05) is 20.8 Å². The number of fused-ring (bicyclic) bond motifs is 1. The van der Waals surface area contributed by atoms with Crippen molar-refractivity contribution in [1.82, 2.24) is 0 Å². The van der Waals surface area contributed by atoms with E-state index < -0.39 is 0 Å². The van der Waals surface area contributed by atoms with Gasteiger partial charge in [-0.25, -0.2) is 0 Å².